The Labute approximate surface area is 181 Å². The molecule has 0 atom stereocenters. The van der Waals surface area contributed by atoms with Gasteiger partial charge in [-0.15, -0.1) is 0 Å². The Kier molecular flexibility index (Phi) is 7.50. The van der Waals surface area contributed by atoms with Crippen molar-refractivity contribution in [3.8, 4) is 0 Å². The summed E-state index contributed by atoms with van der Waals surface area (Å²) in [4.78, 5) is 36.8. The second kappa shape index (κ2) is 9.90. The Morgan fingerprint density at radius 2 is 1.67 bits per heavy atom. The fraction of sp³-hybridized carbons (Fsp3) is 0.708. The van der Waals surface area contributed by atoms with Crippen LogP contribution in [0.25, 0.3) is 0 Å². The number of carbonyl (C=O) groups is 2. The van der Waals surface area contributed by atoms with Crippen molar-refractivity contribution in [3.05, 3.63) is 30.1 Å². The molecule has 2 fully saturated rings. The molecule has 0 bridgehead atoms. The number of aromatic nitrogens is 1. The van der Waals surface area contributed by atoms with Crippen LogP contribution < -0.4 is 0 Å². The molecule has 6 nitrogen and oxygen atoms in total. The van der Waals surface area contributed by atoms with E-state index in [2.05, 4.69) is 37.6 Å². The van der Waals surface area contributed by atoms with Crippen molar-refractivity contribution < 1.29 is 9.59 Å². The molecule has 166 valence electrons. The summed E-state index contributed by atoms with van der Waals surface area (Å²) in [6.45, 7) is 12.8. The van der Waals surface area contributed by atoms with Gasteiger partial charge in [0.05, 0.1) is 0 Å². The molecule has 0 N–H and O–H groups in total. The predicted molar refractivity (Wildman–Crippen MR) is 119 cm³/mol. The molecule has 2 aliphatic rings. The zero-order valence-electron chi connectivity index (χ0n) is 19.1. The van der Waals surface area contributed by atoms with Gasteiger partial charge in [-0.2, -0.15) is 0 Å². The van der Waals surface area contributed by atoms with Crippen molar-refractivity contribution in [2.75, 3.05) is 32.7 Å². The first-order valence-electron chi connectivity index (χ1n) is 11.6. The Morgan fingerprint density at radius 1 is 1.00 bits per heavy atom. The van der Waals surface area contributed by atoms with Crippen LogP contribution in [0, 0.1) is 11.8 Å². The van der Waals surface area contributed by atoms with Crippen molar-refractivity contribution in [3.63, 3.8) is 0 Å². The molecule has 30 heavy (non-hydrogen) atoms. The normalized spacial score (nSPS) is 19.7. The minimum atomic E-state index is -0.629. The maximum atomic E-state index is 13.6. The smallest absolute Gasteiger partial charge is 0.309 e. The number of hydrogen-bond acceptors (Lipinski definition) is 4. The highest BCUT2D eigenvalue weighted by atomic mass is 16.2. The largest absolute Gasteiger partial charge is 0.327 e. The molecule has 1 aromatic rings. The van der Waals surface area contributed by atoms with Gasteiger partial charge in [-0.1, -0.05) is 27.7 Å². The topological polar surface area (TPSA) is 56.8 Å². The van der Waals surface area contributed by atoms with E-state index >= 15 is 0 Å². The van der Waals surface area contributed by atoms with E-state index in [9.17, 15) is 9.59 Å². The van der Waals surface area contributed by atoms with Gasteiger partial charge in [0.15, 0.2) is 0 Å². The van der Waals surface area contributed by atoms with E-state index in [1.807, 2.05) is 17.0 Å². The van der Waals surface area contributed by atoms with Gasteiger partial charge in [-0.25, -0.2) is 4.79 Å². The van der Waals surface area contributed by atoms with Crippen LogP contribution in [0.2, 0.25) is 0 Å². The molecule has 1 aromatic heterocycles. The van der Waals surface area contributed by atoms with Crippen LogP contribution >= 0.6 is 0 Å². The fourth-order valence-corrected chi connectivity index (χ4v) is 4.77. The van der Waals surface area contributed by atoms with E-state index in [4.69, 9.17) is 0 Å². The summed E-state index contributed by atoms with van der Waals surface area (Å²) < 4.78 is 0. The van der Waals surface area contributed by atoms with Gasteiger partial charge >= 0.3 is 6.03 Å². The average molecular weight is 415 g/mol. The molecule has 2 aliphatic heterocycles. The molecule has 0 radical (unpaired) electrons. The molecule has 3 heterocycles. The second-order valence-corrected chi connectivity index (χ2v) is 9.76. The predicted octanol–water partition coefficient (Wildman–Crippen LogP) is 3.82. The summed E-state index contributed by atoms with van der Waals surface area (Å²) in [7, 11) is 0. The first-order valence-corrected chi connectivity index (χ1v) is 11.6. The highest BCUT2D eigenvalue weighted by molar-refractivity contribution is 6.07. The number of piperidine rings is 1. The number of carbonyl (C=O) groups excluding carboxylic acids is 2. The highest BCUT2D eigenvalue weighted by Gasteiger charge is 2.57. The molecular formula is C24H38N4O2. The molecule has 2 saturated heterocycles. The monoisotopic (exact) mass is 414 g/mol. The van der Waals surface area contributed by atoms with Gasteiger partial charge in [0.25, 0.3) is 5.91 Å². The van der Waals surface area contributed by atoms with Gasteiger partial charge in [0.1, 0.15) is 5.54 Å². The van der Waals surface area contributed by atoms with Crippen LogP contribution in [0.3, 0.4) is 0 Å². The summed E-state index contributed by atoms with van der Waals surface area (Å²) in [5, 5.41) is 0. The van der Waals surface area contributed by atoms with Crippen molar-refractivity contribution >= 4 is 11.9 Å². The van der Waals surface area contributed by atoms with Gasteiger partial charge in [-0.05, 0) is 61.6 Å². The van der Waals surface area contributed by atoms with E-state index in [-0.39, 0.29) is 11.9 Å². The number of aryl methyl sites for hydroxylation is 1. The van der Waals surface area contributed by atoms with Crippen molar-refractivity contribution in [1.82, 2.24) is 19.7 Å². The summed E-state index contributed by atoms with van der Waals surface area (Å²) in [6.07, 6.45) is 7.65. The number of hydrogen-bond donors (Lipinski definition) is 0. The van der Waals surface area contributed by atoms with Crippen LogP contribution in [0.5, 0.6) is 0 Å². The molecule has 6 heteroatoms. The number of urea groups is 1. The lowest BCUT2D eigenvalue weighted by Crippen LogP contribution is -2.57. The molecule has 3 rings (SSSR count). The summed E-state index contributed by atoms with van der Waals surface area (Å²) in [5.74, 6) is 1.16. The number of pyridine rings is 1. The van der Waals surface area contributed by atoms with E-state index in [1.54, 1.807) is 17.3 Å². The standard InChI is InChI=1S/C24H38N4O2/c1-19(2)9-15-28-23(30)27(14-5-6-21-7-12-25-13-8-21)22(29)24(28)10-16-26(17-11-24)18-20(3)4/h7-8,12-13,19-20H,5-6,9-11,14-18H2,1-4H3. The molecular weight excluding hydrogens is 376 g/mol. The Hall–Kier alpha value is -1.95. The molecule has 1 spiro atoms. The number of rotatable bonds is 9. The third-order valence-corrected chi connectivity index (χ3v) is 6.45. The second-order valence-electron chi connectivity index (χ2n) is 9.76. The maximum absolute atomic E-state index is 13.6. The van der Waals surface area contributed by atoms with E-state index in [0.29, 0.717) is 24.9 Å². The maximum Gasteiger partial charge on any atom is 0.327 e. The molecule has 3 amide bonds. The van der Waals surface area contributed by atoms with Crippen molar-refractivity contribution in [2.24, 2.45) is 11.8 Å². The summed E-state index contributed by atoms with van der Waals surface area (Å²) in [6, 6.07) is 3.91. The van der Waals surface area contributed by atoms with Crippen LogP contribution in [-0.4, -0.2) is 69.9 Å². The van der Waals surface area contributed by atoms with Crippen LogP contribution in [0.4, 0.5) is 4.79 Å². The minimum Gasteiger partial charge on any atom is -0.309 e. The lowest BCUT2D eigenvalue weighted by Gasteiger charge is -2.42. The molecule has 0 unspecified atom stereocenters. The molecule has 0 aliphatic carbocycles. The van der Waals surface area contributed by atoms with Crippen LogP contribution in [-0.2, 0) is 11.2 Å². The Bertz CT molecular complexity index is 711. The lowest BCUT2D eigenvalue weighted by atomic mass is 9.85. The van der Waals surface area contributed by atoms with Gasteiger partial charge in [0.2, 0.25) is 0 Å². The number of likely N-dealkylation sites (tertiary alicyclic amines) is 1. The Balaban J connectivity index is 1.69. The molecule has 0 saturated carbocycles. The van der Waals surface area contributed by atoms with Crippen molar-refractivity contribution in [2.45, 2.75) is 65.3 Å². The first kappa shape index (κ1) is 22.7. The summed E-state index contributed by atoms with van der Waals surface area (Å²) >= 11 is 0. The van der Waals surface area contributed by atoms with E-state index < -0.39 is 5.54 Å². The zero-order chi connectivity index (χ0) is 21.7. The average Bonchev–Trinajstić information content (AvgIpc) is 2.90. The van der Waals surface area contributed by atoms with Crippen LogP contribution in [0.1, 0.15) is 58.9 Å². The van der Waals surface area contributed by atoms with E-state index in [1.165, 1.54) is 5.56 Å². The van der Waals surface area contributed by atoms with Gasteiger partial charge in [-0.3, -0.25) is 14.7 Å². The zero-order valence-corrected chi connectivity index (χ0v) is 19.1. The minimum absolute atomic E-state index is 0.0372. The highest BCUT2D eigenvalue weighted by Crippen LogP contribution is 2.38. The number of nitrogens with zero attached hydrogens (tertiary/aromatic N) is 4. The Morgan fingerprint density at radius 3 is 2.27 bits per heavy atom. The van der Waals surface area contributed by atoms with Gasteiger partial charge in [0, 0.05) is 45.1 Å². The van der Waals surface area contributed by atoms with Gasteiger partial charge < -0.3 is 9.80 Å². The first-order chi connectivity index (χ1) is 14.3. The third kappa shape index (κ3) is 5.02. The molecule has 0 aromatic carbocycles. The van der Waals surface area contributed by atoms with Crippen LogP contribution in [0.15, 0.2) is 24.5 Å². The number of imide groups is 1. The quantitative estimate of drug-likeness (QED) is 0.577. The summed E-state index contributed by atoms with van der Waals surface area (Å²) in [5.41, 5.74) is 0.563. The SMILES string of the molecule is CC(C)CCN1C(=O)N(CCCc2ccncc2)C(=O)C12CCN(CC(C)C)CC2. The third-order valence-electron chi connectivity index (χ3n) is 6.45. The lowest BCUT2D eigenvalue weighted by molar-refractivity contribution is -0.135. The van der Waals surface area contributed by atoms with Crippen molar-refractivity contribution in [1.29, 1.82) is 0 Å². The number of amides is 3. The van der Waals surface area contributed by atoms with E-state index in [0.717, 1.165) is 51.7 Å². The fourth-order valence-electron chi connectivity index (χ4n) is 4.77.